The van der Waals surface area contributed by atoms with Gasteiger partial charge in [-0.3, -0.25) is 4.79 Å². The van der Waals surface area contributed by atoms with Crippen LogP contribution in [-0.4, -0.2) is 23.8 Å². The molecule has 2 N–H and O–H groups in total. The van der Waals surface area contributed by atoms with Crippen molar-refractivity contribution in [2.24, 2.45) is 0 Å². The first-order chi connectivity index (χ1) is 11.4. The van der Waals surface area contributed by atoms with Crippen LogP contribution >= 0.6 is 23.2 Å². The Morgan fingerprint density at radius 3 is 2.83 bits per heavy atom. The number of alkyl halides is 2. The molecule has 126 valence electrons. The zero-order valence-corrected chi connectivity index (χ0v) is 13.9. The predicted molar refractivity (Wildman–Crippen MR) is 88.4 cm³/mol. The highest BCUT2D eigenvalue weighted by molar-refractivity contribution is 6.35. The monoisotopic (exact) mass is 371 g/mol. The molecule has 8 heteroatoms. The number of rotatable bonds is 4. The van der Waals surface area contributed by atoms with Gasteiger partial charge in [0, 0.05) is 22.3 Å². The van der Waals surface area contributed by atoms with E-state index in [1.807, 2.05) is 0 Å². The molecule has 2 heterocycles. The average molecular weight is 372 g/mol. The molecule has 0 saturated heterocycles. The molecule has 0 fully saturated rings. The van der Waals surface area contributed by atoms with Gasteiger partial charge in [-0.15, -0.1) is 0 Å². The Bertz CT molecular complexity index is 790. The topological polar surface area (TPSA) is 44.4 Å². The van der Waals surface area contributed by atoms with Gasteiger partial charge in [-0.1, -0.05) is 35.8 Å². The van der Waals surface area contributed by atoms with Crippen LogP contribution in [0.4, 0.5) is 8.78 Å². The zero-order chi connectivity index (χ0) is 17.4. The Morgan fingerprint density at radius 1 is 1.42 bits per heavy atom. The summed E-state index contributed by atoms with van der Waals surface area (Å²) in [6.07, 6.45) is -1.35. The maximum Gasteiger partial charge on any atom is 0.278 e. The van der Waals surface area contributed by atoms with Gasteiger partial charge in [0.25, 0.3) is 12.3 Å². The van der Waals surface area contributed by atoms with Crippen molar-refractivity contribution in [3.8, 4) is 0 Å². The second kappa shape index (κ2) is 6.45. The second-order valence-electron chi connectivity index (χ2n) is 5.35. The van der Waals surface area contributed by atoms with Crippen LogP contribution < -0.4 is 10.6 Å². The molecular formula is C16H13Cl2F2N3O. The van der Waals surface area contributed by atoms with Crippen molar-refractivity contribution in [2.75, 3.05) is 6.54 Å². The first-order valence-electron chi connectivity index (χ1n) is 7.05. The molecule has 2 aliphatic rings. The van der Waals surface area contributed by atoms with Gasteiger partial charge in [-0.2, -0.15) is 0 Å². The lowest BCUT2D eigenvalue weighted by molar-refractivity contribution is -0.118. The fourth-order valence-corrected chi connectivity index (χ4v) is 2.97. The Kier molecular flexibility index (Phi) is 4.51. The molecule has 0 bridgehead atoms. The summed E-state index contributed by atoms with van der Waals surface area (Å²) in [7, 11) is 0. The van der Waals surface area contributed by atoms with Crippen molar-refractivity contribution in [3.05, 3.63) is 69.3 Å². The van der Waals surface area contributed by atoms with E-state index in [9.17, 15) is 13.6 Å². The molecule has 0 radical (unpaired) electrons. The zero-order valence-electron chi connectivity index (χ0n) is 12.4. The SMILES string of the molecule is C=C1C=C(C(F)F)N2CC(C(=O)NCc3ccc(Cl)cc3Cl)=C2N1. The molecule has 4 nitrogen and oxygen atoms in total. The average Bonchev–Trinajstić information content (AvgIpc) is 2.49. The predicted octanol–water partition coefficient (Wildman–Crippen LogP) is 3.40. The first kappa shape index (κ1) is 16.8. The van der Waals surface area contributed by atoms with E-state index < -0.39 is 6.43 Å². The number of amides is 1. The van der Waals surface area contributed by atoms with E-state index in [1.54, 1.807) is 18.2 Å². The maximum atomic E-state index is 13.0. The minimum atomic E-state index is -2.63. The third-order valence-electron chi connectivity index (χ3n) is 3.74. The van der Waals surface area contributed by atoms with Crippen molar-refractivity contribution >= 4 is 29.1 Å². The number of benzene rings is 1. The van der Waals surface area contributed by atoms with Gasteiger partial charge >= 0.3 is 0 Å². The number of nitrogens with one attached hydrogen (secondary N) is 2. The highest BCUT2D eigenvalue weighted by Crippen LogP contribution is 2.33. The van der Waals surface area contributed by atoms with Crippen molar-refractivity contribution in [3.63, 3.8) is 0 Å². The molecule has 0 spiro atoms. The van der Waals surface area contributed by atoms with Crippen molar-refractivity contribution in [1.82, 2.24) is 15.5 Å². The van der Waals surface area contributed by atoms with Gasteiger partial charge in [0.1, 0.15) is 5.82 Å². The quantitative estimate of drug-likeness (QED) is 0.852. The molecule has 0 aliphatic carbocycles. The van der Waals surface area contributed by atoms with Gasteiger partial charge in [0.15, 0.2) is 0 Å². The summed E-state index contributed by atoms with van der Waals surface area (Å²) < 4.78 is 26.0. The van der Waals surface area contributed by atoms with Crippen molar-refractivity contribution in [2.45, 2.75) is 13.0 Å². The standard InChI is InChI=1S/C16H13Cl2F2N3O/c1-8-4-13(14(19)20)23-7-11(15(23)22-8)16(24)21-6-9-2-3-10(17)5-12(9)18/h2-5,14,22H,1,6-7H2,(H,21,24). The summed E-state index contributed by atoms with van der Waals surface area (Å²) >= 11 is 11.9. The minimum absolute atomic E-state index is 0.117. The number of hydrogen-bond acceptors (Lipinski definition) is 3. The number of carbonyl (C=O) groups is 1. The van der Waals surface area contributed by atoms with Crippen LogP contribution in [0.25, 0.3) is 0 Å². The molecule has 3 rings (SSSR count). The minimum Gasteiger partial charge on any atom is -0.348 e. The normalized spacial score (nSPS) is 16.5. The largest absolute Gasteiger partial charge is 0.348 e. The van der Waals surface area contributed by atoms with Crippen LogP contribution in [0.5, 0.6) is 0 Å². The van der Waals surface area contributed by atoms with E-state index in [0.717, 1.165) is 0 Å². The fraction of sp³-hybridized carbons (Fsp3) is 0.188. The van der Waals surface area contributed by atoms with Gasteiger partial charge in [0.2, 0.25) is 0 Å². The Morgan fingerprint density at radius 2 is 2.17 bits per heavy atom. The first-order valence-corrected chi connectivity index (χ1v) is 7.81. The summed E-state index contributed by atoms with van der Waals surface area (Å²) in [5, 5.41) is 6.52. The number of halogens is 4. The van der Waals surface area contributed by atoms with E-state index in [1.165, 1.54) is 11.0 Å². The highest BCUT2D eigenvalue weighted by atomic mass is 35.5. The summed E-state index contributed by atoms with van der Waals surface area (Å²) in [5.41, 5.74) is 1.27. The van der Waals surface area contributed by atoms with Gasteiger partial charge in [-0.05, 0) is 23.8 Å². The summed E-state index contributed by atoms with van der Waals surface area (Å²) in [4.78, 5) is 13.6. The molecule has 24 heavy (non-hydrogen) atoms. The van der Waals surface area contributed by atoms with Gasteiger partial charge < -0.3 is 15.5 Å². The van der Waals surface area contributed by atoms with E-state index >= 15 is 0 Å². The van der Waals surface area contributed by atoms with E-state index in [4.69, 9.17) is 23.2 Å². The molecule has 0 aromatic heterocycles. The van der Waals surface area contributed by atoms with E-state index in [-0.39, 0.29) is 24.7 Å². The van der Waals surface area contributed by atoms with Crippen molar-refractivity contribution < 1.29 is 13.6 Å². The van der Waals surface area contributed by atoms with Crippen LogP contribution in [0.1, 0.15) is 5.56 Å². The molecule has 2 aliphatic heterocycles. The summed E-state index contributed by atoms with van der Waals surface area (Å²) in [6, 6.07) is 4.98. The van der Waals surface area contributed by atoms with Crippen LogP contribution in [-0.2, 0) is 11.3 Å². The number of allylic oxidation sites excluding steroid dienone is 2. The summed E-state index contributed by atoms with van der Waals surface area (Å²) in [6.45, 7) is 3.96. The Balaban J connectivity index is 1.71. The molecule has 1 aromatic rings. The summed E-state index contributed by atoms with van der Waals surface area (Å²) in [5.74, 6) is 0.000543. The fourth-order valence-electron chi connectivity index (χ4n) is 2.50. The van der Waals surface area contributed by atoms with Crippen LogP contribution in [0.15, 0.2) is 53.6 Å². The highest BCUT2D eigenvalue weighted by Gasteiger charge is 2.38. The lowest BCUT2D eigenvalue weighted by Crippen LogP contribution is -2.50. The number of carbonyl (C=O) groups excluding carboxylic acids is 1. The van der Waals surface area contributed by atoms with E-state index in [0.29, 0.717) is 32.7 Å². The van der Waals surface area contributed by atoms with Crippen LogP contribution in [0.3, 0.4) is 0 Å². The molecule has 0 unspecified atom stereocenters. The molecule has 1 aromatic carbocycles. The molecular weight excluding hydrogens is 359 g/mol. The smallest absolute Gasteiger partial charge is 0.278 e. The van der Waals surface area contributed by atoms with Gasteiger partial charge in [-0.25, -0.2) is 8.78 Å². The third-order valence-corrected chi connectivity index (χ3v) is 4.32. The Hall–Kier alpha value is -2.05. The maximum absolute atomic E-state index is 13.0. The molecule has 0 saturated carbocycles. The lowest BCUT2D eigenvalue weighted by atomic mass is 10.0. The van der Waals surface area contributed by atoms with E-state index in [2.05, 4.69) is 17.2 Å². The number of fused-ring (bicyclic) bond motifs is 1. The lowest BCUT2D eigenvalue weighted by Gasteiger charge is -2.42. The second-order valence-corrected chi connectivity index (χ2v) is 6.20. The van der Waals surface area contributed by atoms with Crippen LogP contribution in [0, 0.1) is 0 Å². The Labute approximate surface area is 147 Å². The molecule has 1 amide bonds. The van der Waals surface area contributed by atoms with Crippen LogP contribution in [0.2, 0.25) is 10.0 Å². The van der Waals surface area contributed by atoms with Crippen molar-refractivity contribution in [1.29, 1.82) is 0 Å². The number of hydrogen-bond donors (Lipinski definition) is 2. The number of nitrogens with zero attached hydrogens (tertiary/aromatic N) is 1. The van der Waals surface area contributed by atoms with Gasteiger partial charge in [0.05, 0.1) is 17.8 Å². The molecule has 0 atom stereocenters. The third kappa shape index (κ3) is 3.12.